The van der Waals surface area contributed by atoms with Crippen molar-refractivity contribution in [3.05, 3.63) is 58.6 Å². The highest BCUT2D eigenvalue weighted by atomic mass is 35.5. The minimum atomic E-state index is 0.349. The summed E-state index contributed by atoms with van der Waals surface area (Å²) in [6.07, 6.45) is 0.349. The highest BCUT2D eigenvalue weighted by molar-refractivity contribution is 6.32. The fourth-order valence-electron chi connectivity index (χ4n) is 1.63. The first kappa shape index (κ1) is 12.5. The molecule has 0 bridgehead atoms. The summed E-state index contributed by atoms with van der Waals surface area (Å²) in [4.78, 5) is 0. The Morgan fingerprint density at radius 2 is 2.06 bits per heavy atom. The lowest BCUT2D eigenvalue weighted by Crippen LogP contribution is -1.88. The lowest BCUT2D eigenvalue weighted by atomic mass is 10.1. The van der Waals surface area contributed by atoms with E-state index in [0.29, 0.717) is 17.2 Å². The number of ether oxygens (including phenoxy) is 1. The summed E-state index contributed by atoms with van der Waals surface area (Å²) in [6.45, 7) is 2.00. The van der Waals surface area contributed by atoms with Crippen molar-refractivity contribution in [1.82, 2.24) is 0 Å². The smallest absolute Gasteiger partial charge is 0.146 e. The van der Waals surface area contributed by atoms with Crippen LogP contribution in [0.1, 0.15) is 11.1 Å². The summed E-state index contributed by atoms with van der Waals surface area (Å²) in [7, 11) is 0. The Labute approximate surface area is 111 Å². The molecule has 0 aliphatic heterocycles. The largest absolute Gasteiger partial charge is 0.456 e. The van der Waals surface area contributed by atoms with E-state index >= 15 is 0 Å². The van der Waals surface area contributed by atoms with E-state index < -0.39 is 0 Å². The second-order valence-electron chi connectivity index (χ2n) is 4.02. The molecule has 0 saturated carbocycles. The second-order valence-corrected chi connectivity index (χ2v) is 4.43. The average molecular weight is 258 g/mol. The zero-order valence-corrected chi connectivity index (χ0v) is 10.7. The molecule has 0 radical (unpaired) electrons. The van der Waals surface area contributed by atoms with E-state index in [1.807, 2.05) is 37.3 Å². The van der Waals surface area contributed by atoms with Crippen molar-refractivity contribution in [3.8, 4) is 17.6 Å². The van der Waals surface area contributed by atoms with Gasteiger partial charge in [0.15, 0.2) is 0 Å². The fraction of sp³-hybridized carbons (Fsp3) is 0.133. The van der Waals surface area contributed by atoms with Gasteiger partial charge in [-0.3, -0.25) is 0 Å². The summed E-state index contributed by atoms with van der Waals surface area (Å²) >= 11 is 6.08. The maximum absolute atomic E-state index is 8.68. The summed E-state index contributed by atoms with van der Waals surface area (Å²) in [6, 6.07) is 15.2. The molecule has 0 atom stereocenters. The average Bonchev–Trinajstić information content (AvgIpc) is 2.34. The SMILES string of the molecule is Cc1cccc(Oc2cc(CC#N)ccc2Cl)c1. The van der Waals surface area contributed by atoms with Crippen LogP contribution in [0.4, 0.5) is 0 Å². The number of hydrogen-bond acceptors (Lipinski definition) is 2. The molecule has 2 aromatic carbocycles. The van der Waals surface area contributed by atoms with Crippen molar-refractivity contribution in [2.75, 3.05) is 0 Å². The van der Waals surface area contributed by atoms with Gasteiger partial charge in [0, 0.05) is 0 Å². The predicted octanol–water partition coefficient (Wildman–Crippen LogP) is 4.51. The van der Waals surface area contributed by atoms with Gasteiger partial charge in [0.25, 0.3) is 0 Å². The maximum atomic E-state index is 8.68. The van der Waals surface area contributed by atoms with Crippen molar-refractivity contribution in [2.24, 2.45) is 0 Å². The Kier molecular flexibility index (Phi) is 3.86. The van der Waals surface area contributed by atoms with Crippen molar-refractivity contribution in [1.29, 1.82) is 5.26 Å². The molecule has 2 rings (SSSR count). The lowest BCUT2D eigenvalue weighted by molar-refractivity contribution is 0.482. The van der Waals surface area contributed by atoms with E-state index in [1.54, 1.807) is 12.1 Å². The van der Waals surface area contributed by atoms with E-state index in [9.17, 15) is 0 Å². The number of nitrogens with zero attached hydrogens (tertiary/aromatic N) is 1. The minimum absolute atomic E-state index is 0.349. The molecular formula is C15H12ClNO. The van der Waals surface area contributed by atoms with Crippen molar-refractivity contribution in [2.45, 2.75) is 13.3 Å². The molecule has 0 aliphatic rings. The van der Waals surface area contributed by atoms with E-state index in [1.165, 1.54) is 0 Å². The van der Waals surface area contributed by atoms with Crippen LogP contribution in [-0.2, 0) is 6.42 Å². The Morgan fingerprint density at radius 3 is 2.78 bits per heavy atom. The first-order valence-electron chi connectivity index (χ1n) is 5.59. The van der Waals surface area contributed by atoms with Crippen LogP contribution in [0.2, 0.25) is 5.02 Å². The molecule has 90 valence electrons. The van der Waals surface area contributed by atoms with E-state index in [-0.39, 0.29) is 0 Å². The van der Waals surface area contributed by atoms with Gasteiger partial charge >= 0.3 is 0 Å². The standard InChI is InChI=1S/C15H12ClNO/c1-11-3-2-4-13(9-11)18-15-10-12(7-8-17)5-6-14(15)16/h2-6,9-10H,7H2,1H3. The molecule has 2 aromatic rings. The summed E-state index contributed by atoms with van der Waals surface area (Å²) < 4.78 is 5.74. The van der Waals surface area contributed by atoms with Gasteiger partial charge in [-0.1, -0.05) is 29.8 Å². The highest BCUT2D eigenvalue weighted by Gasteiger charge is 2.05. The number of benzene rings is 2. The third kappa shape index (κ3) is 3.03. The van der Waals surface area contributed by atoms with Crippen LogP contribution in [0.5, 0.6) is 11.5 Å². The number of hydrogen-bond donors (Lipinski definition) is 0. The summed E-state index contributed by atoms with van der Waals surface area (Å²) in [5.41, 5.74) is 2.02. The van der Waals surface area contributed by atoms with E-state index in [0.717, 1.165) is 16.9 Å². The molecule has 3 heteroatoms. The molecule has 0 amide bonds. The van der Waals surface area contributed by atoms with Crippen molar-refractivity contribution >= 4 is 11.6 Å². The molecule has 2 nitrogen and oxygen atoms in total. The summed E-state index contributed by atoms with van der Waals surface area (Å²) in [5.74, 6) is 1.32. The zero-order chi connectivity index (χ0) is 13.0. The number of halogens is 1. The second kappa shape index (κ2) is 5.57. The number of aryl methyl sites for hydroxylation is 1. The monoisotopic (exact) mass is 257 g/mol. The topological polar surface area (TPSA) is 33.0 Å². The summed E-state index contributed by atoms with van der Waals surface area (Å²) in [5, 5.41) is 9.22. The molecule has 0 heterocycles. The van der Waals surface area contributed by atoms with Gasteiger partial charge in [0.1, 0.15) is 11.5 Å². The third-order valence-corrected chi connectivity index (χ3v) is 2.81. The lowest BCUT2D eigenvalue weighted by Gasteiger charge is -2.09. The molecule has 0 aliphatic carbocycles. The molecule has 0 N–H and O–H groups in total. The first-order valence-corrected chi connectivity index (χ1v) is 5.97. The highest BCUT2D eigenvalue weighted by Crippen LogP contribution is 2.30. The normalized spacial score (nSPS) is 9.83. The van der Waals surface area contributed by atoms with Gasteiger partial charge < -0.3 is 4.74 Å². The molecule has 0 aromatic heterocycles. The fourth-order valence-corrected chi connectivity index (χ4v) is 1.79. The van der Waals surface area contributed by atoms with Gasteiger partial charge in [-0.2, -0.15) is 5.26 Å². The van der Waals surface area contributed by atoms with Gasteiger partial charge in [-0.25, -0.2) is 0 Å². The van der Waals surface area contributed by atoms with Crippen LogP contribution in [0.15, 0.2) is 42.5 Å². The molecule has 0 saturated heterocycles. The van der Waals surface area contributed by atoms with Crippen molar-refractivity contribution in [3.63, 3.8) is 0 Å². The molecule has 18 heavy (non-hydrogen) atoms. The zero-order valence-electron chi connectivity index (χ0n) is 9.98. The third-order valence-electron chi connectivity index (χ3n) is 2.50. The Balaban J connectivity index is 2.28. The van der Waals surface area contributed by atoms with Crippen molar-refractivity contribution < 1.29 is 4.74 Å². The Morgan fingerprint density at radius 1 is 1.22 bits per heavy atom. The van der Waals surface area contributed by atoms with Gasteiger partial charge in [-0.15, -0.1) is 0 Å². The minimum Gasteiger partial charge on any atom is -0.456 e. The van der Waals surface area contributed by atoms with E-state index in [2.05, 4.69) is 6.07 Å². The number of rotatable bonds is 3. The van der Waals surface area contributed by atoms with Crippen LogP contribution in [-0.4, -0.2) is 0 Å². The van der Waals surface area contributed by atoms with E-state index in [4.69, 9.17) is 21.6 Å². The van der Waals surface area contributed by atoms with Crippen LogP contribution in [0.3, 0.4) is 0 Å². The molecule has 0 unspecified atom stereocenters. The maximum Gasteiger partial charge on any atom is 0.146 e. The van der Waals surface area contributed by atoms with Gasteiger partial charge in [0.05, 0.1) is 17.5 Å². The predicted molar refractivity (Wildman–Crippen MR) is 72.0 cm³/mol. The molecule has 0 fully saturated rings. The van der Waals surface area contributed by atoms with Crippen LogP contribution in [0.25, 0.3) is 0 Å². The Bertz CT molecular complexity index is 602. The van der Waals surface area contributed by atoms with Crippen LogP contribution in [0, 0.1) is 18.3 Å². The van der Waals surface area contributed by atoms with Crippen LogP contribution < -0.4 is 4.74 Å². The van der Waals surface area contributed by atoms with Gasteiger partial charge in [0.2, 0.25) is 0 Å². The van der Waals surface area contributed by atoms with Gasteiger partial charge in [-0.05, 0) is 42.3 Å². The number of nitriles is 1. The molecule has 0 spiro atoms. The Hall–Kier alpha value is -1.98. The molecular weight excluding hydrogens is 246 g/mol. The first-order chi connectivity index (χ1) is 8.69. The van der Waals surface area contributed by atoms with Crippen LogP contribution >= 0.6 is 11.6 Å². The quantitative estimate of drug-likeness (QED) is 0.811.